The predicted octanol–water partition coefficient (Wildman–Crippen LogP) is 2.31. The van der Waals surface area contributed by atoms with Crippen LogP contribution in [0.3, 0.4) is 0 Å². The molecule has 0 bridgehead atoms. The molecule has 0 spiro atoms. The Morgan fingerprint density at radius 1 is 1.02 bits per heavy atom. The van der Waals surface area contributed by atoms with Crippen molar-refractivity contribution in [2.24, 2.45) is 0 Å². The smallest absolute Gasteiger partial charge is 0.416 e. The average molecular weight is 594 g/mol. The van der Waals surface area contributed by atoms with Crippen molar-refractivity contribution >= 4 is 35.1 Å². The van der Waals surface area contributed by atoms with Crippen molar-refractivity contribution in [2.45, 2.75) is 50.2 Å². The lowest BCUT2D eigenvalue weighted by Gasteiger charge is -2.40. The third kappa shape index (κ3) is 7.95. The zero-order chi connectivity index (χ0) is 29.8. The second kappa shape index (κ2) is 12.7. The summed E-state index contributed by atoms with van der Waals surface area (Å²) in [7, 11) is 0. The summed E-state index contributed by atoms with van der Waals surface area (Å²) in [4.78, 5) is 33.9. The Bertz CT molecular complexity index is 1260. The quantitative estimate of drug-likeness (QED) is 0.213. The van der Waals surface area contributed by atoms with E-state index in [2.05, 4.69) is 5.32 Å². The van der Waals surface area contributed by atoms with Gasteiger partial charge in [0.1, 0.15) is 54.7 Å². The van der Waals surface area contributed by atoms with Crippen LogP contribution >= 0.6 is 11.6 Å². The number of hydrogen-bond acceptors (Lipinski definition) is 10. The highest BCUT2D eigenvalue weighted by molar-refractivity contribution is 6.32. The average Bonchev–Trinajstić information content (AvgIpc) is 2.85. The summed E-state index contributed by atoms with van der Waals surface area (Å²) in [6.45, 7) is 0.481. The van der Waals surface area contributed by atoms with E-state index in [1.165, 1.54) is 25.1 Å². The van der Waals surface area contributed by atoms with Gasteiger partial charge < -0.3 is 44.7 Å². The van der Waals surface area contributed by atoms with Gasteiger partial charge >= 0.3 is 18.1 Å². The number of hydrogen-bond donors (Lipinski definition) is 5. The first kappa shape index (κ1) is 30.9. The van der Waals surface area contributed by atoms with E-state index in [1.54, 1.807) is 0 Å². The Kier molecular flexibility index (Phi) is 9.81. The fraction of sp³-hybridized carbons (Fsp3) is 0.375. The lowest BCUT2D eigenvalue weighted by Crippen LogP contribution is -2.60. The van der Waals surface area contributed by atoms with Crippen molar-refractivity contribution in [2.75, 3.05) is 11.9 Å². The Labute approximate surface area is 228 Å². The first-order chi connectivity index (χ1) is 18.6. The number of carbonyl (C=O) groups is 3. The van der Waals surface area contributed by atoms with Crippen LogP contribution in [-0.4, -0.2) is 75.6 Å². The van der Waals surface area contributed by atoms with E-state index in [0.717, 1.165) is 12.1 Å². The molecule has 1 amide bonds. The molecule has 16 heteroatoms. The Morgan fingerprint density at radius 2 is 1.73 bits per heavy atom. The molecular weight excluding hydrogens is 571 g/mol. The summed E-state index contributed by atoms with van der Waals surface area (Å²) in [6.07, 6.45) is -14.3. The number of carboxylic acids is 1. The van der Waals surface area contributed by atoms with E-state index in [-0.39, 0.29) is 28.0 Å². The number of aliphatic carboxylic acids is 1. The number of nitrogens with one attached hydrogen (secondary N) is 1. The lowest BCUT2D eigenvalue weighted by molar-refractivity contribution is -0.278. The van der Waals surface area contributed by atoms with Crippen LogP contribution in [0.4, 0.5) is 18.9 Å². The number of esters is 1. The molecular formula is C24H23ClF3NO11. The Hall–Kier alpha value is -3.63. The summed E-state index contributed by atoms with van der Waals surface area (Å²) >= 11 is 5.94. The molecule has 0 saturated carbocycles. The van der Waals surface area contributed by atoms with Crippen molar-refractivity contribution in [3.05, 3.63) is 47.0 Å². The van der Waals surface area contributed by atoms with Crippen molar-refractivity contribution in [1.82, 2.24) is 0 Å². The fourth-order valence-corrected chi connectivity index (χ4v) is 3.69. The molecule has 1 saturated heterocycles. The fourth-order valence-electron chi connectivity index (χ4n) is 3.47. The second-order valence-electron chi connectivity index (χ2n) is 8.47. The van der Waals surface area contributed by atoms with E-state index in [9.17, 15) is 42.9 Å². The summed E-state index contributed by atoms with van der Waals surface area (Å²) in [6, 6.07) is 6.22. The molecule has 0 radical (unpaired) electrons. The molecule has 5 atom stereocenters. The van der Waals surface area contributed by atoms with E-state index >= 15 is 0 Å². The number of aliphatic hydroxyl groups is 3. The van der Waals surface area contributed by atoms with Crippen molar-refractivity contribution < 1.29 is 66.9 Å². The minimum atomic E-state index is -4.63. The first-order valence-electron chi connectivity index (χ1n) is 11.4. The lowest BCUT2D eigenvalue weighted by atomic mass is 9.99. The monoisotopic (exact) mass is 593 g/mol. The molecule has 2 aromatic carbocycles. The number of benzene rings is 2. The van der Waals surface area contributed by atoms with Gasteiger partial charge in [0.15, 0.2) is 0 Å². The molecule has 0 unspecified atom stereocenters. The van der Waals surface area contributed by atoms with Gasteiger partial charge in [-0.3, -0.25) is 14.4 Å². The van der Waals surface area contributed by atoms with Gasteiger partial charge in [-0.1, -0.05) is 11.6 Å². The van der Waals surface area contributed by atoms with Crippen molar-refractivity contribution in [3.8, 4) is 17.2 Å². The maximum absolute atomic E-state index is 12.9. The minimum Gasteiger partial charge on any atom is -0.481 e. The molecule has 5 N–H and O–H groups in total. The van der Waals surface area contributed by atoms with Gasteiger partial charge in [-0.05, 0) is 30.3 Å². The molecule has 1 heterocycles. The van der Waals surface area contributed by atoms with E-state index < -0.39 is 73.3 Å². The molecule has 0 aliphatic carbocycles. The van der Waals surface area contributed by atoms with Crippen LogP contribution in [0.1, 0.15) is 18.9 Å². The number of rotatable bonds is 9. The second-order valence-corrected chi connectivity index (χ2v) is 8.88. The Morgan fingerprint density at radius 3 is 2.33 bits per heavy atom. The van der Waals surface area contributed by atoms with Crippen LogP contribution in [0.15, 0.2) is 36.4 Å². The predicted molar refractivity (Wildman–Crippen MR) is 128 cm³/mol. The first-order valence-corrected chi connectivity index (χ1v) is 11.7. The van der Waals surface area contributed by atoms with Gasteiger partial charge in [0.05, 0.1) is 16.3 Å². The summed E-state index contributed by atoms with van der Waals surface area (Å²) in [5.41, 5.74) is -0.971. The van der Waals surface area contributed by atoms with Gasteiger partial charge in [-0.15, -0.1) is 0 Å². The molecule has 1 aliphatic rings. The molecule has 40 heavy (non-hydrogen) atoms. The Balaban J connectivity index is 1.84. The van der Waals surface area contributed by atoms with E-state index in [1.807, 2.05) is 0 Å². The maximum Gasteiger partial charge on any atom is 0.416 e. The molecule has 218 valence electrons. The van der Waals surface area contributed by atoms with Crippen molar-refractivity contribution in [1.29, 1.82) is 0 Å². The van der Waals surface area contributed by atoms with Crippen LogP contribution in [0, 0.1) is 0 Å². The SMILES string of the molecule is CC(=O)Nc1ccc(Oc2ccc(C(F)(F)F)cc2Cl)cc1O[C@@H]1O[C@H](COC(=O)CC(=O)O)[C@@H](O)[C@H](O)[C@H]1O. The number of ether oxygens (including phenoxy) is 4. The van der Waals surface area contributed by atoms with E-state index in [4.69, 9.17) is 35.7 Å². The highest BCUT2D eigenvalue weighted by atomic mass is 35.5. The third-order valence-corrected chi connectivity index (χ3v) is 5.66. The number of amides is 1. The largest absolute Gasteiger partial charge is 0.481 e. The van der Waals surface area contributed by atoms with Gasteiger partial charge in [0, 0.05) is 13.0 Å². The highest BCUT2D eigenvalue weighted by Gasteiger charge is 2.45. The summed E-state index contributed by atoms with van der Waals surface area (Å²) in [5, 5.41) is 41.6. The van der Waals surface area contributed by atoms with Crippen LogP contribution in [0.2, 0.25) is 5.02 Å². The standard InChI is InChI=1S/C24H23ClF3NO11/c1-10(30)29-14-4-3-12(38-15-5-2-11(6-13(15)25)24(26,27)28)7-16(14)39-23-22(36)21(35)20(34)17(40-23)9-37-19(33)8-18(31)32/h2-7,17,20-23,34-36H,8-9H2,1H3,(H,29,30)(H,31,32)/t17-,20-,21+,22-,23-/m1/s1. The van der Waals surface area contributed by atoms with Gasteiger partial charge in [-0.25, -0.2) is 0 Å². The minimum absolute atomic E-state index is 0.0270. The van der Waals surface area contributed by atoms with Gasteiger partial charge in [-0.2, -0.15) is 13.2 Å². The number of halogens is 4. The van der Waals surface area contributed by atoms with Crippen molar-refractivity contribution in [3.63, 3.8) is 0 Å². The number of alkyl halides is 3. The third-order valence-electron chi connectivity index (χ3n) is 5.37. The molecule has 0 aromatic heterocycles. The number of anilines is 1. The molecule has 2 aromatic rings. The molecule has 12 nitrogen and oxygen atoms in total. The van der Waals surface area contributed by atoms with Crippen LogP contribution in [0.25, 0.3) is 0 Å². The maximum atomic E-state index is 12.9. The van der Waals surface area contributed by atoms with Crippen LogP contribution in [0.5, 0.6) is 17.2 Å². The van der Waals surface area contributed by atoms with Crippen LogP contribution < -0.4 is 14.8 Å². The topological polar surface area (TPSA) is 181 Å². The van der Waals surface area contributed by atoms with E-state index in [0.29, 0.717) is 6.07 Å². The van der Waals surface area contributed by atoms with Gasteiger partial charge in [0.2, 0.25) is 12.2 Å². The summed E-state index contributed by atoms with van der Waals surface area (Å²) < 4.78 is 60.2. The summed E-state index contributed by atoms with van der Waals surface area (Å²) in [5.74, 6) is -3.53. The highest BCUT2D eigenvalue weighted by Crippen LogP contribution is 2.39. The number of carbonyl (C=O) groups excluding carboxylic acids is 2. The van der Waals surface area contributed by atoms with Crippen LogP contribution in [-0.2, 0) is 30.0 Å². The number of carboxylic acid groups (broad SMARTS) is 1. The normalized spacial score (nSPS) is 22.8. The molecule has 1 fully saturated rings. The zero-order valence-corrected chi connectivity index (χ0v) is 21.2. The molecule has 1 aliphatic heterocycles. The molecule has 3 rings (SSSR count). The zero-order valence-electron chi connectivity index (χ0n) is 20.4. The van der Waals surface area contributed by atoms with Gasteiger partial charge in [0.25, 0.3) is 0 Å². The number of aliphatic hydroxyl groups excluding tert-OH is 3.